The molecule has 0 fully saturated rings. The Hall–Kier alpha value is -3.00. The molecule has 0 bridgehead atoms. The molecular formula is C25H23ClN4O2S. The zero-order valence-electron chi connectivity index (χ0n) is 18.6. The summed E-state index contributed by atoms with van der Waals surface area (Å²) in [5.41, 5.74) is 6.32. The highest BCUT2D eigenvalue weighted by atomic mass is 35.5. The van der Waals surface area contributed by atoms with Gasteiger partial charge in [0.15, 0.2) is 0 Å². The number of ether oxygens (including phenoxy) is 1. The highest BCUT2D eigenvalue weighted by Gasteiger charge is 2.31. The molecule has 5 rings (SSSR count). The van der Waals surface area contributed by atoms with E-state index in [0.717, 1.165) is 27.3 Å². The van der Waals surface area contributed by atoms with Gasteiger partial charge >= 0.3 is 0 Å². The van der Waals surface area contributed by atoms with E-state index in [1.54, 1.807) is 22.9 Å². The highest BCUT2D eigenvalue weighted by Crippen LogP contribution is 2.37. The maximum Gasteiger partial charge on any atom is 0.268 e. The van der Waals surface area contributed by atoms with Crippen LogP contribution in [-0.4, -0.2) is 21.4 Å². The highest BCUT2D eigenvalue weighted by molar-refractivity contribution is 7.18. The second kappa shape index (κ2) is 8.41. The van der Waals surface area contributed by atoms with Crippen LogP contribution in [0.15, 0.2) is 58.4 Å². The number of thiophene rings is 1. The van der Waals surface area contributed by atoms with Crippen LogP contribution in [-0.2, 0) is 17.8 Å². The molecule has 3 heterocycles. The zero-order valence-corrected chi connectivity index (χ0v) is 20.1. The van der Waals surface area contributed by atoms with Crippen LogP contribution in [0.1, 0.15) is 35.4 Å². The average molecular weight is 479 g/mol. The van der Waals surface area contributed by atoms with Crippen LogP contribution in [0.3, 0.4) is 0 Å². The number of rotatable bonds is 4. The second-order valence-electron chi connectivity index (χ2n) is 8.74. The molecule has 1 aliphatic heterocycles. The summed E-state index contributed by atoms with van der Waals surface area (Å²) in [6, 6.07) is 15.1. The molecule has 0 spiro atoms. The van der Waals surface area contributed by atoms with Gasteiger partial charge in [0.1, 0.15) is 4.83 Å². The molecule has 168 valence electrons. The minimum Gasteiger partial charge on any atom is -0.370 e. The lowest BCUT2D eigenvalue weighted by Crippen LogP contribution is -2.32. The topological polar surface area (TPSA) is 68.5 Å². The van der Waals surface area contributed by atoms with E-state index in [9.17, 15) is 4.79 Å². The van der Waals surface area contributed by atoms with Crippen LogP contribution in [0.25, 0.3) is 15.9 Å². The van der Waals surface area contributed by atoms with Gasteiger partial charge in [-0.3, -0.25) is 4.79 Å². The van der Waals surface area contributed by atoms with Crippen molar-refractivity contribution < 1.29 is 4.74 Å². The SMILES string of the molecule is Cc1ccc(-n2c(N/N=C\c3ccc(Cl)cc3)nc3sc4c(c3c2=O)CC(C)(C)OC4)cc1. The third kappa shape index (κ3) is 4.31. The summed E-state index contributed by atoms with van der Waals surface area (Å²) in [6.07, 6.45) is 2.34. The van der Waals surface area contributed by atoms with E-state index >= 15 is 0 Å². The van der Waals surface area contributed by atoms with Crippen molar-refractivity contribution in [3.05, 3.63) is 85.5 Å². The Morgan fingerprint density at radius 3 is 2.64 bits per heavy atom. The Kier molecular flexibility index (Phi) is 5.56. The van der Waals surface area contributed by atoms with Gasteiger partial charge in [0, 0.05) is 16.3 Å². The van der Waals surface area contributed by atoms with Gasteiger partial charge in [-0.2, -0.15) is 5.10 Å². The summed E-state index contributed by atoms with van der Waals surface area (Å²) in [7, 11) is 0. The molecular weight excluding hydrogens is 456 g/mol. The molecule has 0 atom stereocenters. The van der Waals surface area contributed by atoms with Gasteiger partial charge in [0.05, 0.1) is 29.5 Å². The number of nitrogens with one attached hydrogen (secondary N) is 1. The summed E-state index contributed by atoms with van der Waals surface area (Å²) >= 11 is 7.47. The average Bonchev–Trinajstić information content (AvgIpc) is 3.13. The number of aryl methyl sites for hydroxylation is 1. The van der Waals surface area contributed by atoms with Gasteiger partial charge in [-0.1, -0.05) is 41.4 Å². The summed E-state index contributed by atoms with van der Waals surface area (Å²) in [4.78, 5) is 20.4. The summed E-state index contributed by atoms with van der Waals surface area (Å²) in [5, 5.41) is 5.67. The number of nitrogens with zero attached hydrogens (tertiary/aromatic N) is 3. The van der Waals surface area contributed by atoms with Gasteiger partial charge < -0.3 is 4.74 Å². The van der Waals surface area contributed by atoms with Gasteiger partial charge in [0.25, 0.3) is 5.56 Å². The van der Waals surface area contributed by atoms with Crippen molar-refractivity contribution in [3.63, 3.8) is 0 Å². The molecule has 0 aliphatic carbocycles. The lowest BCUT2D eigenvalue weighted by Gasteiger charge is -2.29. The molecule has 1 aliphatic rings. The molecule has 0 radical (unpaired) electrons. The van der Waals surface area contributed by atoms with Crippen molar-refractivity contribution in [1.29, 1.82) is 0 Å². The second-order valence-corrected chi connectivity index (χ2v) is 10.3. The lowest BCUT2D eigenvalue weighted by atomic mass is 9.94. The van der Waals surface area contributed by atoms with Crippen molar-refractivity contribution in [3.8, 4) is 5.69 Å². The quantitative estimate of drug-likeness (QED) is 0.301. The molecule has 0 unspecified atom stereocenters. The van der Waals surface area contributed by atoms with Crippen LogP contribution >= 0.6 is 22.9 Å². The number of benzene rings is 2. The molecule has 2 aromatic heterocycles. The van der Waals surface area contributed by atoms with Crippen molar-refractivity contribution in [2.75, 3.05) is 5.43 Å². The van der Waals surface area contributed by atoms with Crippen molar-refractivity contribution in [2.24, 2.45) is 5.10 Å². The third-order valence-electron chi connectivity index (χ3n) is 5.65. The standard InChI is InChI=1S/C25H23ClN4O2S/c1-15-4-10-18(11-5-15)30-23(31)21-19-12-25(2,3)32-14-20(19)33-22(21)28-24(30)29-27-13-16-6-8-17(26)9-7-16/h4-11,13H,12,14H2,1-3H3,(H,28,29)/b27-13-. The smallest absolute Gasteiger partial charge is 0.268 e. The van der Waals surface area contributed by atoms with E-state index in [1.165, 1.54) is 11.3 Å². The minimum atomic E-state index is -0.318. The summed E-state index contributed by atoms with van der Waals surface area (Å²) in [6.45, 7) is 6.60. The number of aromatic nitrogens is 2. The molecule has 6 nitrogen and oxygen atoms in total. The van der Waals surface area contributed by atoms with Crippen LogP contribution in [0.5, 0.6) is 0 Å². The van der Waals surface area contributed by atoms with Crippen LogP contribution in [0, 0.1) is 6.92 Å². The first-order valence-corrected chi connectivity index (χ1v) is 11.8. The van der Waals surface area contributed by atoms with Crippen LogP contribution in [0.4, 0.5) is 5.95 Å². The molecule has 1 N–H and O–H groups in total. The van der Waals surface area contributed by atoms with Crippen LogP contribution < -0.4 is 11.0 Å². The monoisotopic (exact) mass is 478 g/mol. The first-order valence-electron chi connectivity index (χ1n) is 10.6. The summed E-state index contributed by atoms with van der Waals surface area (Å²) in [5.74, 6) is 0.361. The third-order valence-corrected chi connectivity index (χ3v) is 7.00. The van der Waals surface area contributed by atoms with Crippen LogP contribution in [0.2, 0.25) is 5.02 Å². The fraction of sp³-hybridized carbons (Fsp3) is 0.240. The van der Waals surface area contributed by atoms with Gasteiger partial charge in [-0.05, 0) is 56.2 Å². The number of anilines is 1. The van der Waals surface area contributed by atoms with E-state index in [0.29, 0.717) is 34.2 Å². The van der Waals surface area contributed by atoms with Gasteiger partial charge in [0.2, 0.25) is 5.95 Å². The zero-order chi connectivity index (χ0) is 23.2. The van der Waals surface area contributed by atoms with Crippen molar-refractivity contribution in [2.45, 2.75) is 39.4 Å². The molecule has 0 saturated heterocycles. The summed E-state index contributed by atoms with van der Waals surface area (Å²) < 4.78 is 7.56. The Labute approximate surface area is 200 Å². The Balaban J connectivity index is 1.64. The molecule has 4 aromatic rings. The number of hydrazone groups is 1. The van der Waals surface area contributed by atoms with E-state index in [2.05, 4.69) is 10.5 Å². The predicted molar refractivity (Wildman–Crippen MR) is 135 cm³/mol. The number of fused-ring (bicyclic) bond motifs is 3. The lowest BCUT2D eigenvalue weighted by molar-refractivity contribution is -0.0379. The van der Waals surface area contributed by atoms with Gasteiger partial charge in [-0.25, -0.2) is 15.0 Å². The predicted octanol–water partition coefficient (Wildman–Crippen LogP) is 5.71. The minimum absolute atomic E-state index is 0.108. The van der Waals surface area contributed by atoms with E-state index in [1.807, 2.05) is 57.2 Å². The van der Waals surface area contributed by atoms with E-state index in [-0.39, 0.29) is 11.2 Å². The maximum absolute atomic E-state index is 13.8. The van der Waals surface area contributed by atoms with E-state index in [4.69, 9.17) is 21.3 Å². The normalized spacial score (nSPS) is 15.2. The number of hydrogen-bond acceptors (Lipinski definition) is 6. The molecule has 0 saturated carbocycles. The number of halogens is 1. The fourth-order valence-corrected chi connectivity index (χ4v) is 5.13. The van der Waals surface area contributed by atoms with Crippen molar-refractivity contribution in [1.82, 2.24) is 9.55 Å². The van der Waals surface area contributed by atoms with Gasteiger partial charge in [-0.15, -0.1) is 11.3 Å². The molecule has 2 aromatic carbocycles. The van der Waals surface area contributed by atoms with Crippen molar-refractivity contribution >= 4 is 45.3 Å². The largest absolute Gasteiger partial charge is 0.370 e. The molecule has 33 heavy (non-hydrogen) atoms. The Morgan fingerprint density at radius 2 is 1.91 bits per heavy atom. The van der Waals surface area contributed by atoms with E-state index < -0.39 is 0 Å². The first kappa shape index (κ1) is 21.8. The molecule has 8 heteroatoms. The molecule has 0 amide bonds. The Bertz CT molecular complexity index is 1420. The Morgan fingerprint density at radius 1 is 1.18 bits per heavy atom. The number of hydrogen-bond donors (Lipinski definition) is 1. The maximum atomic E-state index is 13.8. The fourth-order valence-electron chi connectivity index (χ4n) is 3.91. The first-order chi connectivity index (χ1) is 15.8.